The molecule has 0 amide bonds. The lowest BCUT2D eigenvalue weighted by molar-refractivity contribution is -0.680. The van der Waals surface area contributed by atoms with Crippen LogP contribution in [0.25, 0.3) is 0 Å². The second-order valence-corrected chi connectivity index (χ2v) is 8.31. The van der Waals surface area contributed by atoms with Crippen LogP contribution in [0.15, 0.2) is 40.7 Å². The Morgan fingerprint density at radius 1 is 1.19 bits per heavy atom. The third kappa shape index (κ3) is 6.36. The molecule has 0 saturated heterocycles. The Bertz CT molecular complexity index is 846. The number of thiazole rings is 1. The quantitative estimate of drug-likeness (QED) is 0.280. The Morgan fingerprint density at radius 3 is 2.46 bits per heavy atom. The first-order valence-corrected chi connectivity index (χ1v) is 10.4. The van der Waals surface area contributed by atoms with Crippen molar-refractivity contribution < 1.29 is 22.3 Å². The summed E-state index contributed by atoms with van der Waals surface area (Å²) in [7, 11) is 1.34. The van der Waals surface area contributed by atoms with E-state index < -0.39 is 10.1 Å². The third-order valence-corrected chi connectivity index (χ3v) is 5.32. The molecule has 0 bridgehead atoms. The van der Waals surface area contributed by atoms with Crippen LogP contribution in [0.2, 0.25) is 0 Å². The lowest BCUT2D eigenvalue weighted by Crippen LogP contribution is -2.31. The molecule has 0 spiro atoms. The van der Waals surface area contributed by atoms with Crippen molar-refractivity contribution in [3.05, 3.63) is 30.5 Å². The maximum absolute atomic E-state index is 10.7. The number of aromatic nitrogens is 1. The van der Waals surface area contributed by atoms with Crippen LogP contribution in [0.4, 0.5) is 16.5 Å². The summed E-state index contributed by atoms with van der Waals surface area (Å²) in [5.41, 5.74) is 1.80. The number of methoxy groups -OCH3 is 1. The lowest BCUT2D eigenvalue weighted by atomic mass is 10.3. The number of anilines is 1. The average molecular weight is 399 g/mol. The first-order chi connectivity index (χ1) is 12.3. The van der Waals surface area contributed by atoms with Crippen molar-refractivity contribution in [3.8, 4) is 5.06 Å². The van der Waals surface area contributed by atoms with Crippen LogP contribution in [0.1, 0.15) is 12.8 Å². The van der Waals surface area contributed by atoms with Crippen molar-refractivity contribution >= 4 is 38.0 Å². The fourth-order valence-corrected chi connectivity index (χ4v) is 3.51. The Kier molecular flexibility index (Phi) is 7.06. The molecule has 0 N–H and O–H groups in total. The first kappa shape index (κ1) is 20.3. The van der Waals surface area contributed by atoms with E-state index in [0.29, 0.717) is 29.6 Å². The largest absolute Gasteiger partial charge is 0.748 e. The molecule has 1 heterocycles. The minimum atomic E-state index is -4.17. The molecule has 1 aromatic carbocycles. The van der Waals surface area contributed by atoms with E-state index in [0.717, 1.165) is 11.4 Å². The van der Waals surface area contributed by atoms with E-state index in [4.69, 9.17) is 4.74 Å². The van der Waals surface area contributed by atoms with Crippen molar-refractivity contribution in [1.29, 1.82) is 0 Å². The Labute approximate surface area is 157 Å². The summed E-state index contributed by atoms with van der Waals surface area (Å²) in [5.74, 6) is -0.357. The van der Waals surface area contributed by atoms with Crippen LogP contribution in [-0.2, 0) is 16.7 Å². The summed E-state index contributed by atoms with van der Waals surface area (Å²) in [6.07, 6.45) is 2.64. The zero-order valence-electron chi connectivity index (χ0n) is 15.0. The fourth-order valence-electron chi connectivity index (χ4n) is 2.17. The van der Waals surface area contributed by atoms with Gasteiger partial charge in [0.15, 0.2) is 0 Å². The van der Waals surface area contributed by atoms with E-state index in [1.54, 1.807) is 13.3 Å². The molecule has 10 heteroatoms. The second kappa shape index (κ2) is 9.06. The number of rotatable bonds is 9. The van der Waals surface area contributed by atoms with E-state index in [1.165, 1.54) is 11.3 Å². The monoisotopic (exact) mass is 398 g/mol. The van der Waals surface area contributed by atoms with Gasteiger partial charge in [0.05, 0.1) is 28.9 Å². The number of hydrogen-bond donors (Lipinski definition) is 0. The maximum Gasteiger partial charge on any atom is 0.411 e. The topological polar surface area (TPSA) is 98.3 Å². The standard InChI is InChI=1S/C16H22N4O4S2/c1-19(2)14-8-6-13(7-9-14)17-18-16-20(12-15(24-3)25-16)10-4-5-11-26(21,22)23/h6-9,12H,4-5,10-11H2,1-3H3. The number of aryl methyl sites for hydroxylation is 1. The minimum Gasteiger partial charge on any atom is -0.748 e. The van der Waals surface area contributed by atoms with Crippen LogP contribution in [0, 0.1) is 0 Å². The molecule has 0 atom stereocenters. The van der Waals surface area contributed by atoms with Gasteiger partial charge in [-0.1, -0.05) is 0 Å². The number of benzene rings is 1. The molecule has 0 aliphatic rings. The number of ether oxygens (including phenoxy) is 1. The Morgan fingerprint density at radius 2 is 1.88 bits per heavy atom. The predicted molar refractivity (Wildman–Crippen MR) is 99.8 cm³/mol. The number of azo groups is 1. The van der Waals surface area contributed by atoms with E-state index in [2.05, 4.69) is 10.2 Å². The zero-order valence-corrected chi connectivity index (χ0v) is 16.6. The molecule has 26 heavy (non-hydrogen) atoms. The summed E-state index contributed by atoms with van der Waals surface area (Å²) in [6, 6.07) is 7.68. The molecule has 1 aromatic heterocycles. The Balaban J connectivity index is 2.06. The second-order valence-electron chi connectivity index (χ2n) is 5.81. The van der Waals surface area contributed by atoms with Gasteiger partial charge < -0.3 is 14.2 Å². The highest BCUT2D eigenvalue weighted by atomic mass is 32.2. The van der Waals surface area contributed by atoms with Gasteiger partial charge in [-0.3, -0.25) is 0 Å². The van der Waals surface area contributed by atoms with E-state index >= 15 is 0 Å². The van der Waals surface area contributed by atoms with Crippen LogP contribution < -0.4 is 14.2 Å². The van der Waals surface area contributed by atoms with Gasteiger partial charge >= 0.3 is 5.13 Å². The molecule has 0 aliphatic carbocycles. The molecule has 0 fully saturated rings. The summed E-state index contributed by atoms with van der Waals surface area (Å²) in [5, 5.41) is 9.85. The van der Waals surface area contributed by atoms with Crippen molar-refractivity contribution in [2.75, 3.05) is 31.9 Å². The smallest absolute Gasteiger partial charge is 0.411 e. The molecule has 2 aromatic rings. The molecule has 8 nitrogen and oxygen atoms in total. The molecule has 0 aliphatic heterocycles. The average Bonchev–Trinajstić information content (AvgIpc) is 2.98. The van der Waals surface area contributed by atoms with Crippen molar-refractivity contribution in [2.24, 2.45) is 10.2 Å². The lowest BCUT2D eigenvalue weighted by Gasteiger charge is -2.11. The van der Waals surface area contributed by atoms with Gasteiger partial charge in [-0.2, -0.15) is 0 Å². The number of hydrogen-bond acceptors (Lipinski definition) is 8. The first-order valence-electron chi connectivity index (χ1n) is 7.98. The van der Waals surface area contributed by atoms with Gasteiger partial charge in [0.1, 0.15) is 11.9 Å². The SMILES string of the molecule is COc1c[n+](CCCCS(=O)(=O)[O-])c(/N=N/c2ccc(N(C)C)cc2)s1. The van der Waals surface area contributed by atoms with Gasteiger partial charge in [-0.05, 0) is 53.6 Å². The molecular weight excluding hydrogens is 376 g/mol. The number of nitrogens with zero attached hydrogens (tertiary/aromatic N) is 4. The highest BCUT2D eigenvalue weighted by molar-refractivity contribution is 7.85. The summed E-state index contributed by atoms with van der Waals surface area (Å²) in [4.78, 5) is 2.00. The van der Waals surface area contributed by atoms with Crippen molar-refractivity contribution in [3.63, 3.8) is 0 Å². The van der Waals surface area contributed by atoms with Crippen molar-refractivity contribution in [2.45, 2.75) is 19.4 Å². The zero-order chi connectivity index (χ0) is 19.2. The molecule has 142 valence electrons. The van der Waals surface area contributed by atoms with E-state index in [-0.39, 0.29) is 5.75 Å². The van der Waals surface area contributed by atoms with Crippen LogP contribution in [0.3, 0.4) is 0 Å². The van der Waals surface area contributed by atoms with Crippen LogP contribution >= 0.6 is 11.3 Å². The van der Waals surface area contributed by atoms with Gasteiger partial charge in [0.2, 0.25) is 5.06 Å². The molecule has 0 radical (unpaired) electrons. The normalized spacial score (nSPS) is 11.8. The summed E-state index contributed by atoms with van der Waals surface area (Å²) < 4.78 is 39.1. The molecular formula is C16H22N4O4S2. The molecule has 0 saturated carbocycles. The van der Waals surface area contributed by atoms with Crippen LogP contribution in [-0.4, -0.2) is 39.9 Å². The fraction of sp³-hybridized carbons (Fsp3) is 0.438. The maximum atomic E-state index is 10.7. The summed E-state index contributed by atoms with van der Waals surface area (Å²) >= 11 is 1.34. The van der Waals surface area contributed by atoms with Crippen molar-refractivity contribution in [1.82, 2.24) is 0 Å². The Hall–Kier alpha value is -2.04. The molecule has 2 rings (SSSR count). The molecule has 0 unspecified atom stereocenters. The number of unbranched alkanes of at least 4 members (excludes halogenated alkanes) is 1. The third-order valence-electron chi connectivity index (χ3n) is 3.56. The van der Waals surface area contributed by atoms with Gasteiger partial charge in [-0.25, -0.2) is 13.0 Å². The van der Waals surface area contributed by atoms with E-state index in [9.17, 15) is 13.0 Å². The van der Waals surface area contributed by atoms with Crippen LogP contribution in [0.5, 0.6) is 5.06 Å². The van der Waals surface area contributed by atoms with E-state index in [1.807, 2.05) is 47.8 Å². The minimum absolute atomic E-state index is 0.305. The highest BCUT2D eigenvalue weighted by Gasteiger charge is 2.17. The predicted octanol–water partition coefficient (Wildman–Crippen LogP) is 2.85. The van der Waals surface area contributed by atoms with Gasteiger partial charge in [-0.15, -0.1) is 0 Å². The van der Waals surface area contributed by atoms with Gasteiger partial charge in [0, 0.05) is 25.5 Å². The highest BCUT2D eigenvalue weighted by Crippen LogP contribution is 2.28. The summed E-state index contributed by atoms with van der Waals surface area (Å²) in [6.45, 7) is 0.531. The van der Waals surface area contributed by atoms with Gasteiger partial charge in [0.25, 0.3) is 0 Å².